The third-order valence-electron chi connectivity index (χ3n) is 11.3. The van der Waals surface area contributed by atoms with E-state index in [1.807, 2.05) is 17.7 Å². The normalized spacial score (nSPS) is 21.3. The molecule has 0 bridgehead atoms. The number of aryl methyl sites for hydroxylation is 1. The molecule has 0 aliphatic carbocycles. The summed E-state index contributed by atoms with van der Waals surface area (Å²) in [6.07, 6.45) is 4.45. The predicted octanol–water partition coefficient (Wildman–Crippen LogP) is 5.00. The molecule has 6 rings (SSSR count). The van der Waals surface area contributed by atoms with Gasteiger partial charge in [-0.15, -0.1) is 0 Å². The molecule has 3 aromatic rings. The summed E-state index contributed by atoms with van der Waals surface area (Å²) in [6.45, 7) is 14.5. The highest BCUT2D eigenvalue weighted by Crippen LogP contribution is 2.37. The van der Waals surface area contributed by atoms with Crippen molar-refractivity contribution in [2.45, 2.75) is 77.0 Å². The molecule has 2 amide bonds. The smallest absolute Gasteiger partial charge is 0.272 e. The molecule has 3 aliphatic rings. The van der Waals surface area contributed by atoms with Gasteiger partial charge in [0.1, 0.15) is 11.4 Å². The summed E-state index contributed by atoms with van der Waals surface area (Å²) < 4.78 is 8.09. The number of benzene rings is 2. The van der Waals surface area contributed by atoms with E-state index in [9.17, 15) is 9.59 Å². The monoisotopic (exact) mass is 685 g/mol. The number of aromatic nitrogens is 1. The number of nitrogens with one attached hydrogen (secondary N) is 1. The maximum absolute atomic E-state index is 14.1. The Bertz CT molecular complexity index is 1680. The Hall–Kier alpha value is -3.44. The average Bonchev–Trinajstić information content (AvgIpc) is 3.67. The van der Waals surface area contributed by atoms with Crippen molar-refractivity contribution in [3.8, 4) is 5.75 Å². The molecule has 0 radical (unpaired) electrons. The van der Waals surface area contributed by atoms with Gasteiger partial charge in [0.15, 0.2) is 0 Å². The molecule has 50 heavy (non-hydrogen) atoms. The van der Waals surface area contributed by atoms with Gasteiger partial charge < -0.3 is 24.4 Å². The second-order valence-electron chi connectivity index (χ2n) is 16.1. The quantitative estimate of drug-likeness (QED) is 0.340. The molecular weight excluding hydrogens is 626 g/mol. The molecular formula is C40H59N7O3. The van der Waals surface area contributed by atoms with Crippen molar-refractivity contribution in [1.29, 1.82) is 0 Å². The molecule has 2 aromatic carbocycles. The molecule has 1 N–H and O–H groups in total. The molecule has 272 valence electrons. The molecule has 3 fully saturated rings. The number of hydrogen-bond acceptors (Lipinski definition) is 7. The summed E-state index contributed by atoms with van der Waals surface area (Å²) >= 11 is 0. The van der Waals surface area contributed by atoms with E-state index in [4.69, 9.17) is 4.74 Å². The topological polar surface area (TPSA) is 76.5 Å². The number of piperidine rings is 1. The number of anilines is 1. The van der Waals surface area contributed by atoms with Gasteiger partial charge in [-0.3, -0.25) is 24.3 Å². The van der Waals surface area contributed by atoms with Gasteiger partial charge in [-0.25, -0.2) is 0 Å². The van der Waals surface area contributed by atoms with Crippen molar-refractivity contribution >= 4 is 28.4 Å². The number of rotatable bonds is 9. The number of carbonyl (C=O) groups excluding carboxylic acids is 2. The standard InChI is InChI=1S/C40H59N7O3/c1-40(2,3)31-22-30(26-46-17-10-14-32(27-46)42(4)5)37(50-8)33(24-31)41-38(48)35-23-28-12-9-13-29(36(28)44(35)7)25-45-18-20-47(21-19-45)39(49)34-15-11-16-43(34)6/h9,12-13,22-24,32,34H,10-11,14-21,25-27H2,1-8H3,(H,41,48)/t32?,34-/m0/s1. The Morgan fingerprint density at radius 1 is 0.900 bits per heavy atom. The number of ether oxygens (including phenoxy) is 1. The lowest BCUT2D eigenvalue weighted by atomic mass is 9.85. The minimum absolute atomic E-state index is 0.0382. The number of likely N-dealkylation sites (N-methyl/N-ethyl adjacent to an activating group) is 2. The van der Waals surface area contributed by atoms with Crippen LogP contribution >= 0.6 is 0 Å². The van der Waals surface area contributed by atoms with Crippen LogP contribution in [0, 0.1) is 0 Å². The van der Waals surface area contributed by atoms with Crippen LogP contribution in [0.2, 0.25) is 0 Å². The third-order valence-corrected chi connectivity index (χ3v) is 11.3. The zero-order valence-electron chi connectivity index (χ0n) is 31.7. The fourth-order valence-corrected chi connectivity index (χ4v) is 8.24. The van der Waals surface area contributed by atoms with Gasteiger partial charge in [0.05, 0.1) is 24.4 Å². The van der Waals surface area contributed by atoms with Crippen LogP contribution in [-0.4, -0.2) is 127 Å². The number of amides is 2. The summed E-state index contributed by atoms with van der Waals surface area (Å²) in [5.74, 6) is 0.862. The van der Waals surface area contributed by atoms with E-state index in [-0.39, 0.29) is 23.3 Å². The first-order valence-corrected chi connectivity index (χ1v) is 18.5. The summed E-state index contributed by atoms with van der Waals surface area (Å²) in [6, 6.07) is 13.3. The maximum atomic E-state index is 14.1. The summed E-state index contributed by atoms with van der Waals surface area (Å²) in [5.41, 5.74) is 5.74. The van der Waals surface area contributed by atoms with Gasteiger partial charge in [-0.05, 0) is 88.6 Å². The average molecular weight is 686 g/mol. The Morgan fingerprint density at radius 3 is 2.28 bits per heavy atom. The minimum Gasteiger partial charge on any atom is -0.494 e. The van der Waals surface area contributed by atoms with Gasteiger partial charge in [0.2, 0.25) is 5.91 Å². The number of fused-ring (bicyclic) bond motifs is 1. The van der Waals surface area contributed by atoms with Crippen LogP contribution in [0.1, 0.15) is 73.6 Å². The number of nitrogens with zero attached hydrogens (tertiary/aromatic N) is 6. The number of methoxy groups -OCH3 is 1. The molecule has 1 unspecified atom stereocenters. The molecule has 0 saturated carbocycles. The third kappa shape index (κ3) is 7.73. The number of hydrogen-bond donors (Lipinski definition) is 1. The van der Waals surface area contributed by atoms with Crippen LogP contribution < -0.4 is 10.1 Å². The number of carbonyl (C=O) groups is 2. The zero-order chi connectivity index (χ0) is 35.7. The van der Waals surface area contributed by atoms with Gasteiger partial charge in [-0.2, -0.15) is 0 Å². The van der Waals surface area contributed by atoms with Crippen molar-refractivity contribution in [3.63, 3.8) is 0 Å². The van der Waals surface area contributed by atoms with Crippen LogP contribution in [0.3, 0.4) is 0 Å². The van der Waals surface area contributed by atoms with Crippen molar-refractivity contribution in [2.24, 2.45) is 7.05 Å². The minimum atomic E-state index is -0.153. The molecule has 3 aliphatic heterocycles. The number of para-hydroxylation sites is 1. The van der Waals surface area contributed by atoms with Crippen LogP contribution in [0.4, 0.5) is 5.69 Å². The van der Waals surface area contributed by atoms with E-state index in [0.717, 1.165) is 94.0 Å². The first kappa shape index (κ1) is 36.4. The lowest BCUT2D eigenvalue weighted by Crippen LogP contribution is -2.52. The van der Waals surface area contributed by atoms with Crippen LogP contribution in [0.15, 0.2) is 36.4 Å². The van der Waals surface area contributed by atoms with Crippen LogP contribution in [-0.2, 0) is 30.3 Å². The largest absolute Gasteiger partial charge is 0.494 e. The van der Waals surface area contributed by atoms with E-state index < -0.39 is 0 Å². The van der Waals surface area contributed by atoms with Gasteiger partial charge in [-0.1, -0.05) is 45.0 Å². The predicted molar refractivity (Wildman–Crippen MR) is 202 cm³/mol. The highest BCUT2D eigenvalue weighted by atomic mass is 16.5. The zero-order valence-corrected chi connectivity index (χ0v) is 31.7. The first-order valence-electron chi connectivity index (χ1n) is 18.5. The first-order chi connectivity index (χ1) is 23.8. The Morgan fingerprint density at radius 2 is 1.62 bits per heavy atom. The van der Waals surface area contributed by atoms with Crippen LogP contribution in [0.5, 0.6) is 5.75 Å². The van der Waals surface area contributed by atoms with E-state index >= 15 is 0 Å². The highest BCUT2D eigenvalue weighted by Gasteiger charge is 2.33. The molecule has 0 spiro atoms. The maximum Gasteiger partial charge on any atom is 0.272 e. The fraction of sp³-hybridized carbons (Fsp3) is 0.600. The summed E-state index contributed by atoms with van der Waals surface area (Å²) in [5, 5.41) is 4.32. The number of piperazine rings is 1. The Kier molecular flexibility index (Phi) is 10.9. The highest BCUT2D eigenvalue weighted by molar-refractivity contribution is 6.07. The summed E-state index contributed by atoms with van der Waals surface area (Å²) in [7, 11) is 10.1. The molecule has 2 atom stereocenters. The molecule has 3 saturated heterocycles. The van der Waals surface area contributed by atoms with Crippen molar-refractivity contribution in [2.75, 3.05) is 79.4 Å². The lowest BCUT2D eigenvalue weighted by molar-refractivity contribution is -0.137. The SMILES string of the molecule is COc1c(CN2CCCC(N(C)C)C2)cc(C(C)(C)C)cc1NC(=O)c1cc2cccc(CN3CCN(C(=O)[C@@H]4CCCN4C)CC3)c2n1C. The van der Waals surface area contributed by atoms with E-state index in [0.29, 0.717) is 17.4 Å². The Balaban J connectivity index is 1.20. The molecule has 10 nitrogen and oxygen atoms in total. The van der Waals surface area contributed by atoms with Crippen molar-refractivity contribution < 1.29 is 14.3 Å². The Labute approximate surface area is 299 Å². The van der Waals surface area contributed by atoms with E-state index in [2.05, 4.69) is 102 Å². The molecule has 1 aromatic heterocycles. The second-order valence-corrected chi connectivity index (χ2v) is 16.1. The van der Waals surface area contributed by atoms with Gasteiger partial charge >= 0.3 is 0 Å². The van der Waals surface area contributed by atoms with Gasteiger partial charge in [0.25, 0.3) is 5.91 Å². The number of likely N-dealkylation sites (tertiary alicyclic amines) is 2. The molecule has 10 heteroatoms. The van der Waals surface area contributed by atoms with E-state index in [1.165, 1.54) is 24.0 Å². The van der Waals surface area contributed by atoms with Crippen LogP contribution in [0.25, 0.3) is 10.9 Å². The second kappa shape index (κ2) is 15.0. The van der Waals surface area contributed by atoms with Crippen molar-refractivity contribution in [3.05, 3.63) is 58.8 Å². The lowest BCUT2D eigenvalue weighted by Gasteiger charge is -2.37. The molecule has 4 heterocycles. The summed E-state index contributed by atoms with van der Waals surface area (Å²) in [4.78, 5) is 38.8. The van der Waals surface area contributed by atoms with Crippen molar-refractivity contribution in [1.82, 2.24) is 29.1 Å². The van der Waals surface area contributed by atoms with Gasteiger partial charge in [0, 0.05) is 69.9 Å². The van der Waals surface area contributed by atoms with E-state index in [1.54, 1.807) is 7.11 Å². The fourth-order valence-electron chi connectivity index (χ4n) is 8.24.